The van der Waals surface area contributed by atoms with Crippen LogP contribution in [0.25, 0.3) is 6.08 Å². The lowest BCUT2D eigenvalue weighted by Gasteiger charge is -2.26. The third kappa shape index (κ3) is 6.53. The molecule has 0 fully saturated rings. The summed E-state index contributed by atoms with van der Waals surface area (Å²) in [6.45, 7) is 12.7. The quantitative estimate of drug-likeness (QED) is 0.556. The fourth-order valence-electron chi connectivity index (χ4n) is 3.22. The van der Waals surface area contributed by atoms with Crippen LogP contribution in [0.4, 0.5) is 0 Å². The average molecular weight is 397 g/mol. The topological polar surface area (TPSA) is 60.7 Å². The average Bonchev–Trinajstić information content (AvgIpc) is 2.64. The molecule has 0 bridgehead atoms. The van der Waals surface area contributed by atoms with Gasteiger partial charge in [-0.15, -0.1) is 0 Å². The molecular formula is C26H36O3. The second kappa shape index (κ2) is 9.25. The highest BCUT2D eigenvalue weighted by Gasteiger charge is 2.22. The van der Waals surface area contributed by atoms with Crippen LogP contribution < -0.4 is 0 Å². The van der Waals surface area contributed by atoms with Gasteiger partial charge in [-0.2, -0.15) is 0 Å². The number of aliphatic hydroxyl groups excluding tert-OH is 2. The number of rotatable bonds is 7. The molecule has 0 aliphatic carbocycles. The largest absolute Gasteiger partial charge is 0.388 e. The first-order valence-electron chi connectivity index (χ1n) is 10.3. The van der Waals surface area contributed by atoms with E-state index in [1.807, 2.05) is 45.1 Å². The van der Waals surface area contributed by atoms with Gasteiger partial charge in [0.1, 0.15) is 0 Å². The van der Waals surface area contributed by atoms with Crippen LogP contribution in [-0.2, 0) is 11.8 Å². The van der Waals surface area contributed by atoms with Crippen molar-refractivity contribution in [2.24, 2.45) is 5.41 Å². The van der Waals surface area contributed by atoms with Crippen molar-refractivity contribution in [1.82, 2.24) is 0 Å². The zero-order valence-corrected chi connectivity index (χ0v) is 18.6. The molecule has 1 atom stereocenters. The highest BCUT2D eigenvalue weighted by Crippen LogP contribution is 2.31. The molecule has 2 rings (SSSR count). The normalized spacial score (nSPS) is 14.0. The van der Waals surface area contributed by atoms with Gasteiger partial charge in [0.25, 0.3) is 0 Å². The molecule has 2 aromatic rings. The number of aryl methyl sites for hydroxylation is 2. The van der Waals surface area contributed by atoms with Crippen molar-refractivity contribution in [3.63, 3.8) is 0 Å². The number of hydrogen-bond acceptors (Lipinski definition) is 3. The third-order valence-electron chi connectivity index (χ3n) is 5.71. The Hall–Kier alpha value is -1.94. The number of benzene rings is 2. The second-order valence-corrected chi connectivity index (χ2v) is 9.74. The molecular weight excluding hydrogens is 360 g/mol. The Labute approximate surface area is 175 Å². The van der Waals surface area contributed by atoms with Crippen LogP contribution in [0.5, 0.6) is 0 Å². The molecule has 0 aliphatic heterocycles. The highest BCUT2D eigenvalue weighted by atomic mass is 16.5. The standard InChI is InChI=1S/C26H36O3/c1-18-17-22(13-11-20(18)12-14-23(27)25(2,3)4)26(5,6)16-15-19-7-9-21(10-8-19)24(28)29/h7-14,17,23-24,27-29H,15-16H2,1-6H3. The van der Waals surface area contributed by atoms with E-state index in [0.29, 0.717) is 5.56 Å². The first-order chi connectivity index (χ1) is 13.4. The Kier molecular flexibility index (Phi) is 7.45. The van der Waals surface area contributed by atoms with Gasteiger partial charge < -0.3 is 15.3 Å². The van der Waals surface area contributed by atoms with Crippen molar-refractivity contribution in [3.8, 4) is 0 Å². The van der Waals surface area contributed by atoms with Gasteiger partial charge in [0.15, 0.2) is 6.29 Å². The number of aliphatic hydroxyl groups is 3. The van der Waals surface area contributed by atoms with E-state index in [-0.39, 0.29) is 10.8 Å². The molecule has 0 radical (unpaired) electrons. The van der Waals surface area contributed by atoms with Crippen molar-refractivity contribution in [3.05, 3.63) is 76.4 Å². The minimum absolute atomic E-state index is 0.0209. The Morgan fingerprint density at radius 3 is 2.03 bits per heavy atom. The van der Waals surface area contributed by atoms with Crippen LogP contribution in [0.15, 0.2) is 48.5 Å². The summed E-state index contributed by atoms with van der Waals surface area (Å²) in [6.07, 6.45) is 3.91. The first-order valence-corrected chi connectivity index (χ1v) is 10.3. The molecule has 158 valence electrons. The van der Waals surface area contributed by atoms with Gasteiger partial charge in [-0.25, -0.2) is 0 Å². The maximum atomic E-state index is 10.2. The SMILES string of the molecule is Cc1cc(C(C)(C)CCc2ccc(C(O)O)cc2)ccc1C=CC(O)C(C)(C)C. The molecule has 0 saturated heterocycles. The minimum atomic E-state index is -1.42. The first kappa shape index (κ1) is 23.3. The summed E-state index contributed by atoms with van der Waals surface area (Å²) in [7, 11) is 0. The number of hydrogen-bond donors (Lipinski definition) is 3. The molecule has 1 unspecified atom stereocenters. The van der Waals surface area contributed by atoms with Gasteiger partial charge in [-0.05, 0) is 52.8 Å². The molecule has 2 aromatic carbocycles. The van der Waals surface area contributed by atoms with Crippen molar-refractivity contribution in [2.45, 2.75) is 72.2 Å². The summed E-state index contributed by atoms with van der Waals surface area (Å²) in [5.41, 5.74) is 5.19. The molecule has 0 saturated carbocycles. The molecule has 0 spiro atoms. The zero-order chi connectivity index (χ0) is 21.8. The van der Waals surface area contributed by atoms with Crippen LogP contribution in [0.3, 0.4) is 0 Å². The monoisotopic (exact) mass is 396 g/mol. The van der Waals surface area contributed by atoms with Crippen molar-refractivity contribution in [1.29, 1.82) is 0 Å². The van der Waals surface area contributed by atoms with Gasteiger partial charge in [0.2, 0.25) is 0 Å². The Balaban J connectivity index is 2.08. The second-order valence-electron chi connectivity index (χ2n) is 9.74. The van der Waals surface area contributed by atoms with Crippen LogP contribution in [0.1, 0.15) is 75.1 Å². The fraction of sp³-hybridized carbons (Fsp3) is 0.462. The summed E-state index contributed by atoms with van der Waals surface area (Å²) >= 11 is 0. The molecule has 0 aromatic heterocycles. The minimum Gasteiger partial charge on any atom is -0.388 e. The van der Waals surface area contributed by atoms with Crippen molar-refractivity contribution >= 4 is 6.08 Å². The van der Waals surface area contributed by atoms with Crippen LogP contribution in [0.2, 0.25) is 0 Å². The summed E-state index contributed by atoms with van der Waals surface area (Å²) in [4.78, 5) is 0. The van der Waals surface area contributed by atoms with E-state index in [1.54, 1.807) is 12.1 Å². The van der Waals surface area contributed by atoms with E-state index >= 15 is 0 Å². The summed E-state index contributed by atoms with van der Waals surface area (Å²) < 4.78 is 0. The summed E-state index contributed by atoms with van der Waals surface area (Å²) in [5, 5.41) is 28.7. The predicted molar refractivity (Wildman–Crippen MR) is 121 cm³/mol. The lowest BCUT2D eigenvalue weighted by Crippen LogP contribution is -2.23. The van der Waals surface area contributed by atoms with Gasteiger partial charge in [0.05, 0.1) is 6.10 Å². The maximum absolute atomic E-state index is 10.2. The molecule has 3 heteroatoms. The summed E-state index contributed by atoms with van der Waals surface area (Å²) in [5.74, 6) is 0. The Morgan fingerprint density at radius 1 is 0.897 bits per heavy atom. The van der Waals surface area contributed by atoms with E-state index in [9.17, 15) is 15.3 Å². The smallest absolute Gasteiger partial charge is 0.178 e. The molecule has 0 aliphatic rings. The Morgan fingerprint density at radius 2 is 1.52 bits per heavy atom. The zero-order valence-electron chi connectivity index (χ0n) is 18.6. The van der Waals surface area contributed by atoms with Crippen molar-refractivity contribution in [2.75, 3.05) is 0 Å². The third-order valence-corrected chi connectivity index (χ3v) is 5.71. The molecule has 29 heavy (non-hydrogen) atoms. The molecule has 3 N–H and O–H groups in total. The van der Waals surface area contributed by atoms with Crippen LogP contribution in [0, 0.1) is 12.3 Å². The fourth-order valence-corrected chi connectivity index (χ4v) is 3.22. The lowest BCUT2D eigenvalue weighted by molar-refractivity contribution is -0.0424. The maximum Gasteiger partial charge on any atom is 0.178 e. The predicted octanol–water partition coefficient (Wildman–Crippen LogP) is 5.31. The van der Waals surface area contributed by atoms with Gasteiger partial charge in [0, 0.05) is 5.56 Å². The molecule has 3 nitrogen and oxygen atoms in total. The van der Waals surface area contributed by atoms with Gasteiger partial charge >= 0.3 is 0 Å². The van der Waals surface area contributed by atoms with Gasteiger partial charge in [-0.1, -0.05) is 89.2 Å². The highest BCUT2D eigenvalue weighted by molar-refractivity contribution is 5.55. The summed E-state index contributed by atoms with van der Waals surface area (Å²) in [6, 6.07) is 14.0. The van der Waals surface area contributed by atoms with E-state index in [2.05, 4.69) is 39.0 Å². The van der Waals surface area contributed by atoms with Gasteiger partial charge in [-0.3, -0.25) is 0 Å². The Bertz CT molecular complexity index is 824. The van der Waals surface area contributed by atoms with Crippen LogP contribution >= 0.6 is 0 Å². The molecule has 0 heterocycles. The van der Waals surface area contributed by atoms with Crippen molar-refractivity contribution < 1.29 is 15.3 Å². The van der Waals surface area contributed by atoms with Crippen LogP contribution in [-0.4, -0.2) is 21.4 Å². The van der Waals surface area contributed by atoms with E-state index < -0.39 is 12.4 Å². The van der Waals surface area contributed by atoms with E-state index in [0.717, 1.165) is 18.4 Å². The van der Waals surface area contributed by atoms with E-state index in [1.165, 1.54) is 16.7 Å². The lowest BCUT2D eigenvalue weighted by atomic mass is 9.78. The van der Waals surface area contributed by atoms with E-state index in [4.69, 9.17) is 0 Å². The molecule has 0 amide bonds.